The first-order valence-electron chi connectivity index (χ1n) is 2.66. The zero-order valence-corrected chi connectivity index (χ0v) is 5.00. The highest BCUT2D eigenvalue weighted by atomic mass is 19.1. The van der Waals surface area contributed by atoms with Crippen molar-refractivity contribution in [3.05, 3.63) is 10.4 Å². The van der Waals surface area contributed by atoms with Crippen LogP contribution in [0, 0.1) is 0 Å². The van der Waals surface area contributed by atoms with Gasteiger partial charge in [0.2, 0.25) is 0 Å². The fourth-order valence-electron chi connectivity index (χ4n) is 0.397. The quantitative estimate of drug-likeness (QED) is 0.345. The van der Waals surface area contributed by atoms with Crippen LogP contribution in [0.2, 0.25) is 0 Å². The van der Waals surface area contributed by atoms with Gasteiger partial charge in [0.05, 0.1) is 6.54 Å². The van der Waals surface area contributed by atoms with E-state index in [1.54, 1.807) is 0 Å². The number of halogens is 1. The molecule has 1 unspecified atom stereocenters. The zero-order valence-electron chi connectivity index (χ0n) is 5.00. The Bertz CT molecular complexity index is 109. The van der Waals surface area contributed by atoms with Crippen molar-refractivity contribution in [3.63, 3.8) is 0 Å². The third-order valence-electron chi connectivity index (χ3n) is 0.823. The Morgan fingerprint density at radius 3 is 2.89 bits per heavy atom. The smallest absolute Gasteiger partial charge is 0.107 e. The average Bonchev–Trinajstić information content (AvgIpc) is 1.85. The second-order valence-electron chi connectivity index (χ2n) is 1.59. The molecule has 5 heteroatoms. The first kappa shape index (κ1) is 8.20. The molecule has 0 spiro atoms. The third-order valence-corrected chi connectivity index (χ3v) is 0.823. The maximum Gasteiger partial charge on any atom is 0.107 e. The molecule has 0 rings (SSSR count). The Labute approximate surface area is 52.5 Å². The van der Waals surface area contributed by atoms with Crippen LogP contribution in [0.1, 0.15) is 6.42 Å². The summed E-state index contributed by atoms with van der Waals surface area (Å²) in [5.41, 5.74) is 12.8. The Balaban J connectivity index is 3.25. The van der Waals surface area contributed by atoms with Gasteiger partial charge in [0.1, 0.15) is 6.17 Å². The van der Waals surface area contributed by atoms with E-state index in [0.29, 0.717) is 6.54 Å². The standard InChI is InChI=1S/C4H9FN4/c5-4(1-2-6)3-8-9-7/h4H,1-3,6H2. The van der Waals surface area contributed by atoms with Gasteiger partial charge in [0.15, 0.2) is 0 Å². The fraction of sp³-hybridized carbons (Fsp3) is 1.00. The van der Waals surface area contributed by atoms with Crippen molar-refractivity contribution >= 4 is 0 Å². The van der Waals surface area contributed by atoms with Gasteiger partial charge in [-0.25, -0.2) is 4.39 Å². The number of nitrogens with zero attached hydrogens (tertiary/aromatic N) is 3. The zero-order chi connectivity index (χ0) is 7.11. The van der Waals surface area contributed by atoms with Crippen LogP contribution in [-0.2, 0) is 0 Å². The van der Waals surface area contributed by atoms with Crippen molar-refractivity contribution < 1.29 is 4.39 Å². The molecule has 0 aliphatic carbocycles. The molecule has 2 N–H and O–H groups in total. The second kappa shape index (κ2) is 5.34. The molecule has 52 valence electrons. The Hall–Kier alpha value is -0.800. The van der Waals surface area contributed by atoms with Crippen LogP contribution in [0.3, 0.4) is 0 Å². The highest BCUT2D eigenvalue weighted by Gasteiger charge is 2.00. The molecule has 0 saturated carbocycles. The van der Waals surface area contributed by atoms with E-state index in [9.17, 15) is 4.39 Å². The first-order valence-corrected chi connectivity index (χ1v) is 2.66. The van der Waals surface area contributed by atoms with E-state index in [1.165, 1.54) is 0 Å². The summed E-state index contributed by atoms with van der Waals surface area (Å²) < 4.78 is 12.2. The number of azide groups is 1. The molecule has 0 aromatic heterocycles. The van der Waals surface area contributed by atoms with Crippen molar-refractivity contribution in [3.8, 4) is 0 Å². The van der Waals surface area contributed by atoms with Crippen molar-refractivity contribution in [2.75, 3.05) is 13.1 Å². The van der Waals surface area contributed by atoms with Gasteiger partial charge in [0.25, 0.3) is 0 Å². The van der Waals surface area contributed by atoms with Gasteiger partial charge >= 0.3 is 0 Å². The van der Waals surface area contributed by atoms with Gasteiger partial charge in [-0.3, -0.25) is 0 Å². The van der Waals surface area contributed by atoms with Crippen molar-refractivity contribution in [1.82, 2.24) is 0 Å². The number of hydrogen-bond acceptors (Lipinski definition) is 2. The average molecular weight is 132 g/mol. The lowest BCUT2D eigenvalue weighted by molar-refractivity contribution is 0.326. The van der Waals surface area contributed by atoms with E-state index in [0.717, 1.165) is 0 Å². The minimum atomic E-state index is -1.08. The minimum absolute atomic E-state index is 0.103. The van der Waals surface area contributed by atoms with Gasteiger partial charge in [-0.2, -0.15) is 0 Å². The molecular weight excluding hydrogens is 123 g/mol. The lowest BCUT2D eigenvalue weighted by Gasteiger charge is -1.98. The molecule has 0 saturated heterocycles. The summed E-state index contributed by atoms with van der Waals surface area (Å²) in [6.45, 7) is 0.190. The Morgan fingerprint density at radius 1 is 1.78 bits per heavy atom. The van der Waals surface area contributed by atoms with E-state index >= 15 is 0 Å². The van der Waals surface area contributed by atoms with Crippen LogP contribution < -0.4 is 5.73 Å². The molecule has 0 aromatic carbocycles. The topological polar surface area (TPSA) is 74.8 Å². The van der Waals surface area contributed by atoms with Crippen LogP contribution in [-0.4, -0.2) is 19.3 Å². The maximum absolute atomic E-state index is 12.2. The van der Waals surface area contributed by atoms with E-state index in [2.05, 4.69) is 10.0 Å². The second-order valence-corrected chi connectivity index (χ2v) is 1.59. The van der Waals surface area contributed by atoms with Gasteiger partial charge in [0, 0.05) is 4.91 Å². The molecule has 0 aliphatic heterocycles. The molecule has 0 bridgehead atoms. The lowest BCUT2D eigenvalue weighted by atomic mass is 10.3. The minimum Gasteiger partial charge on any atom is -0.330 e. The summed E-state index contributed by atoms with van der Waals surface area (Å²) >= 11 is 0. The highest BCUT2D eigenvalue weighted by molar-refractivity contribution is 4.59. The van der Waals surface area contributed by atoms with E-state index in [-0.39, 0.29) is 13.0 Å². The maximum atomic E-state index is 12.2. The Morgan fingerprint density at radius 2 is 2.44 bits per heavy atom. The molecule has 0 fully saturated rings. The van der Waals surface area contributed by atoms with E-state index in [1.807, 2.05) is 0 Å². The van der Waals surface area contributed by atoms with Crippen LogP contribution in [0.15, 0.2) is 5.11 Å². The van der Waals surface area contributed by atoms with Crippen LogP contribution in [0.4, 0.5) is 4.39 Å². The van der Waals surface area contributed by atoms with Crippen molar-refractivity contribution in [2.24, 2.45) is 10.8 Å². The van der Waals surface area contributed by atoms with Gasteiger partial charge in [-0.05, 0) is 18.5 Å². The number of nitrogens with two attached hydrogens (primary N) is 1. The third kappa shape index (κ3) is 5.06. The summed E-state index contributed by atoms with van der Waals surface area (Å²) in [5.74, 6) is 0. The van der Waals surface area contributed by atoms with Gasteiger partial charge in [-0.1, -0.05) is 5.11 Å². The number of alkyl halides is 1. The van der Waals surface area contributed by atoms with E-state index < -0.39 is 6.17 Å². The normalized spacial score (nSPS) is 12.2. The van der Waals surface area contributed by atoms with Crippen LogP contribution in [0.25, 0.3) is 10.4 Å². The molecular formula is C4H9FN4. The van der Waals surface area contributed by atoms with E-state index in [4.69, 9.17) is 11.3 Å². The summed E-state index contributed by atoms with van der Waals surface area (Å²) in [5, 5.41) is 3.04. The van der Waals surface area contributed by atoms with Crippen LogP contribution >= 0.6 is 0 Å². The molecule has 0 aromatic rings. The predicted octanol–water partition coefficient (Wildman–Crippen LogP) is 0.984. The monoisotopic (exact) mass is 132 g/mol. The predicted molar refractivity (Wildman–Crippen MR) is 32.6 cm³/mol. The van der Waals surface area contributed by atoms with Crippen LogP contribution in [0.5, 0.6) is 0 Å². The number of hydrogen-bond donors (Lipinski definition) is 1. The molecule has 9 heavy (non-hydrogen) atoms. The first-order chi connectivity index (χ1) is 4.31. The lowest BCUT2D eigenvalue weighted by Crippen LogP contribution is -2.11. The summed E-state index contributed by atoms with van der Waals surface area (Å²) in [6.07, 6.45) is -0.815. The molecule has 0 amide bonds. The number of rotatable bonds is 4. The molecule has 4 nitrogen and oxygen atoms in total. The summed E-state index contributed by atoms with van der Waals surface area (Å²) in [6, 6.07) is 0. The highest BCUT2D eigenvalue weighted by Crippen LogP contribution is 1.95. The summed E-state index contributed by atoms with van der Waals surface area (Å²) in [4.78, 5) is 2.40. The largest absolute Gasteiger partial charge is 0.330 e. The van der Waals surface area contributed by atoms with Gasteiger partial charge < -0.3 is 5.73 Å². The van der Waals surface area contributed by atoms with Gasteiger partial charge in [-0.15, -0.1) is 0 Å². The van der Waals surface area contributed by atoms with Crippen molar-refractivity contribution in [2.45, 2.75) is 12.6 Å². The molecule has 0 aliphatic rings. The Kier molecular flexibility index (Phi) is 4.86. The SMILES string of the molecule is [N-]=[N+]=NCC(F)CCN. The summed E-state index contributed by atoms with van der Waals surface area (Å²) in [7, 11) is 0. The fourth-order valence-corrected chi connectivity index (χ4v) is 0.397. The molecule has 0 heterocycles. The van der Waals surface area contributed by atoms with Crippen molar-refractivity contribution in [1.29, 1.82) is 0 Å². The molecule has 0 radical (unpaired) electrons. The molecule has 1 atom stereocenters.